The van der Waals surface area contributed by atoms with Gasteiger partial charge in [0, 0.05) is 44.3 Å². The van der Waals surface area contributed by atoms with Gasteiger partial charge in [-0.3, -0.25) is 19.6 Å². The number of carbonyl (C=O) groups excluding carboxylic acids is 1. The van der Waals surface area contributed by atoms with Crippen LogP contribution in [0, 0.1) is 11.3 Å². The summed E-state index contributed by atoms with van der Waals surface area (Å²) in [4.78, 5) is 35.2. The smallest absolute Gasteiger partial charge is 0.270 e. The molecule has 176 valence electrons. The average Bonchev–Trinajstić information content (AvgIpc) is 3.39. The van der Waals surface area contributed by atoms with Crippen LogP contribution >= 0.6 is 0 Å². The van der Waals surface area contributed by atoms with Crippen LogP contribution in [0.3, 0.4) is 0 Å². The largest absolute Gasteiger partial charge is 0.352 e. The van der Waals surface area contributed by atoms with Gasteiger partial charge in [-0.1, -0.05) is 30.3 Å². The maximum absolute atomic E-state index is 12.5. The number of ether oxygens (including phenoxy) is 2. The van der Waals surface area contributed by atoms with Gasteiger partial charge in [0.2, 0.25) is 5.95 Å². The van der Waals surface area contributed by atoms with Crippen LogP contribution in [0.15, 0.2) is 66.0 Å². The predicted octanol–water partition coefficient (Wildman–Crippen LogP) is 2.11. The lowest BCUT2D eigenvalue weighted by Gasteiger charge is -2.13. The van der Waals surface area contributed by atoms with Gasteiger partial charge in [0.15, 0.2) is 6.29 Å². The highest BCUT2D eigenvalue weighted by molar-refractivity contribution is 5.93. The second-order valence-electron chi connectivity index (χ2n) is 7.39. The van der Waals surface area contributed by atoms with Crippen molar-refractivity contribution >= 4 is 5.91 Å². The highest BCUT2D eigenvalue weighted by atomic mass is 16.7. The quantitative estimate of drug-likeness (QED) is 0.371. The number of carbonyl (C=O) groups is 1. The molecule has 0 radical (unpaired) electrons. The van der Waals surface area contributed by atoms with E-state index in [1.165, 1.54) is 17.1 Å². The summed E-state index contributed by atoms with van der Waals surface area (Å²) in [5.74, 6) is -0.251. The maximum Gasteiger partial charge on any atom is 0.270 e. The van der Waals surface area contributed by atoms with Gasteiger partial charge in [0.25, 0.3) is 11.5 Å². The zero-order valence-corrected chi connectivity index (χ0v) is 18.9. The number of pyridine rings is 1. The standard InChI is InChI=1S/C24H21N7O4/c1-34-23(35-2)17-6-4-16(5-7-17)20-8-3-15(10-26-20)11-27-21(32)19-13-29-31(14-19)24-28-12-18(9-25)22(33)30-24/h3-8,10,12-14,23H,11H2,1-2H3,(H,27,32)(H,28,30,33). The van der Waals surface area contributed by atoms with E-state index in [0.29, 0.717) is 0 Å². The van der Waals surface area contributed by atoms with Crippen LogP contribution in [0.1, 0.15) is 33.3 Å². The summed E-state index contributed by atoms with van der Waals surface area (Å²) < 4.78 is 11.8. The van der Waals surface area contributed by atoms with E-state index in [1.54, 1.807) is 26.5 Å². The van der Waals surface area contributed by atoms with Gasteiger partial charge in [0.1, 0.15) is 11.6 Å². The van der Waals surface area contributed by atoms with Crippen molar-refractivity contribution in [3.8, 4) is 23.3 Å². The van der Waals surface area contributed by atoms with E-state index in [1.807, 2.05) is 36.4 Å². The van der Waals surface area contributed by atoms with Gasteiger partial charge in [-0.25, -0.2) is 9.67 Å². The van der Waals surface area contributed by atoms with Gasteiger partial charge >= 0.3 is 0 Å². The molecule has 0 atom stereocenters. The topological polar surface area (TPSA) is 148 Å². The highest BCUT2D eigenvalue weighted by Gasteiger charge is 2.12. The summed E-state index contributed by atoms with van der Waals surface area (Å²) >= 11 is 0. The fourth-order valence-electron chi connectivity index (χ4n) is 3.30. The predicted molar refractivity (Wildman–Crippen MR) is 124 cm³/mol. The van der Waals surface area contributed by atoms with Crippen LogP contribution in [0.2, 0.25) is 0 Å². The van der Waals surface area contributed by atoms with E-state index in [9.17, 15) is 9.59 Å². The number of hydrogen-bond donors (Lipinski definition) is 2. The molecule has 0 spiro atoms. The van der Waals surface area contributed by atoms with Crippen LogP contribution in [0.25, 0.3) is 17.2 Å². The lowest BCUT2D eigenvalue weighted by molar-refractivity contribution is -0.106. The van der Waals surface area contributed by atoms with E-state index in [4.69, 9.17) is 14.7 Å². The number of benzene rings is 1. The Hall–Kier alpha value is -4.66. The zero-order chi connectivity index (χ0) is 24.8. The molecule has 0 saturated carbocycles. The van der Waals surface area contributed by atoms with Crippen molar-refractivity contribution in [2.45, 2.75) is 12.8 Å². The molecule has 35 heavy (non-hydrogen) atoms. The Bertz CT molecular complexity index is 1420. The van der Waals surface area contributed by atoms with Gasteiger partial charge < -0.3 is 14.8 Å². The first-order chi connectivity index (χ1) is 17.0. The minimum Gasteiger partial charge on any atom is -0.352 e. The summed E-state index contributed by atoms with van der Waals surface area (Å²) in [6.45, 7) is 0.269. The molecule has 0 saturated heterocycles. The summed E-state index contributed by atoms with van der Waals surface area (Å²) in [5, 5.41) is 15.7. The lowest BCUT2D eigenvalue weighted by atomic mass is 10.1. The summed E-state index contributed by atoms with van der Waals surface area (Å²) in [6.07, 6.45) is 5.22. The zero-order valence-electron chi connectivity index (χ0n) is 18.9. The monoisotopic (exact) mass is 471 g/mol. The number of nitrogens with zero attached hydrogens (tertiary/aromatic N) is 5. The van der Waals surface area contributed by atoms with Crippen LogP contribution in [-0.4, -0.2) is 44.9 Å². The average molecular weight is 471 g/mol. The van der Waals surface area contributed by atoms with Crippen LogP contribution in [0.4, 0.5) is 0 Å². The number of rotatable bonds is 8. The van der Waals surface area contributed by atoms with E-state index in [-0.39, 0.29) is 29.5 Å². The Kier molecular flexibility index (Phi) is 7.06. The minimum absolute atomic E-state index is 0.0980. The molecule has 0 aliphatic heterocycles. The van der Waals surface area contributed by atoms with Gasteiger partial charge in [-0.15, -0.1) is 0 Å². The van der Waals surface area contributed by atoms with Crippen LogP contribution in [0.5, 0.6) is 0 Å². The van der Waals surface area contributed by atoms with Crippen molar-refractivity contribution < 1.29 is 14.3 Å². The molecule has 0 unspecified atom stereocenters. The molecule has 3 heterocycles. The Balaban J connectivity index is 1.37. The first kappa shape index (κ1) is 23.5. The molecule has 4 aromatic rings. The van der Waals surface area contributed by atoms with E-state index in [0.717, 1.165) is 28.6 Å². The number of amides is 1. The minimum atomic E-state index is -0.583. The molecular weight excluding hydrogens is 450 g/mol. The molecular formula is C24H21N7O4. The number of aromatic amines is 1. The van der Waals surface area contributed by atoms with E-state index >= 15 is 0 Å². The molecule has 4 rings (SSSR count). The number of H-pyrrole nitrogens is 1. The first-order valence-electron chi connectivity index (χ1n) is 10.5. The Morgan fingerprint density at radius 1 is 1.11 bits per heavy atom. The van der Waals surface area contributed by atoms with Crippen molar-refractivity contribution in [2.24, 2.45) is 0 Å². The number of hydrogen-bond acceptors (Lipinski definition) is 8. The summed E-state index contributed by atoms with van der Waals surface area (Å²) in [7, 11) is 3.17. The molecule has 11 nitrogen and oxygen atoms in total. The van der Waals surface area contributed by atoms with Crippen LogP contribution < -0.4 is 10.9 Å². The molecule has 2 N–H and O–H groups in total. The molecule has 1 amide bonds. The maximum atomic E-state index is 12.5. The van der Waals surface area contributed by atoms with Crippen LogP contribution in [-0.2, 0) is 16.0 Å². The Morgan fingerprint density at radius 3 is 2.51 bits per heavy atom. The number of nitrogens with one attached hydrogen (secondary N) is 2. The van der Waals surface area contributed by atoms with Crippen molar-refractivity contribution in [3.05, 3.63) is 93.8 Å². The Labute approximate surface area is 200 Å². The second kappa shape index (κ2) is 10.5. The van der Waals surface area contributed by atoms with Crippen molar-refractivity contribution in [3.63, 3.8) is 0 Å². The normalized spacial score (nSPS) is 10.8. The van der Waals surface area contributed by atoms with E-state index in [2.05, 4.69) is 25.4 Å². The molecule has 0 aliphatic carbocycles. The highest BCUT2D eigenvalue weighted by Crippen LogP contribution is 2.22. The molecule has 0 fully saturated rings. The molecule has 0 bridgehead atoms. The van der Waals surface area contributed by atoms with Gasteiger partial charge in [-0.2, -0.15) is 10.4 Å². The van der Waals surface area contributed by atoms with Gasteiger partial charge in [0.05, 0.1) is 23.7 Å². The fourth-order valence-corrected chi connectivity index (χ4v) is 3.30. The van der Waals surface area contributed by atoms with Crippen molar-refractivity contribution in [1.82, 2.24) is 30.0 Å². The fraction of sp³-hybridized carbons (Fsp3) is 0.167. The van der Waals surface area contributed by atoms with Crippen molar-refractivity contribution in [1.29, 1.82) is 5.26 Å². The SMILES string of the molecule is COC(OC)c1ccc(-c2ccc(CNC(=O)c3cnn(-c4ncc(C#N)c(=O)[nH]4)c3)cn2)cc1. The summed E-state index contributed by atoms with van der Waals surface area (Å²) in [5.41, 5.74) is 3.06. The third kappa shape index (κ3) is 5.30. The third-order valence-electron chi connectivity index (χ3n) is 5.15. The molecule has 0 aliphatic rings. The molecule has 1 aromatic carbocycles. The van der Waals surface area contributed by atoms with Crippen molar-refractivity contribution in [2.75, 3.05) is 14.2 Å². The molecule has 3 aromatic heterocycles. The molecule has 11 heteroatoms. The third-order valence-corrected chi connectivity index (χ3v) is 5.15. The number of methoxy groups -OCH3 is 2. The summed E-state index contributed by atoms with van der Waals surface area (Å²) in [6, 6.07) is 13.2. The van der Waals surface area contributed by atoms with Gasteiger partial charge in [-0.05, 0) is 11.6 Å². The number of nitriles is 1. The first-order valence-corrected chi connectivity index (χ1v) is 10.5. The second-order valence-corrected chi connectivity index (χ2v) is 7.39. The number of aromatic nitrogens is 5. The lowest BCUT2D eigenvalue weighted by Crippen LogP contribution is -2.22. The van der Waals surface area contributed by atoms with E-state index < -0.39 is 11.8 Å². The Morgan fingerprint density at radius 2 is 1.89 bits per heavy atom.